The molecule has 0 aliphatic carbocycles. The molecule has 3 atom stereocenters. The maximum atomic E-state index is 13.6. The highest BCUT2D eigenvalue weighted by Gasteiger charge is 2.30. The molecule has 9 nitrogen and oxygen atoms in total. The number of likely N-dealkylation sites (N-methyl/N-ethyl adjacent to an activating group) is 1. The van der Waals surface area contributed by atoms with Gasteiger partial charge in [0, 0.05) is 12.8 Å². The number of carbonyl (C=O) groups excluding carboxylic acids is 2. The van der Waals surface area contributed by atoms with Gasteiger partial charge in [-0.05, 0) is 96.0 Å². The second-order valence-electron chi connectivity index (χ2n) is 24.0. The lowest BCUT2D eigenvalue weighted by atomic mass is 10.0. The zero-order chi connectivity index (χ0) is 58.6. The molecule has 0 fully saturated rings. The summed E-state index contributed by atoms with van der Waals surface area (Å²) in [7, 11) is 1.49. The van der Waals surface area contributed by atoms with Crippen molar-refractivity contribution in [2.75, 3.05) is 40.9 Å². The third kappa shape index (κ3) is 60.1. The van der Waals surface area contributed by atoms with E-state index in [1.54, 1.807) is 0 Å². The lowest BCUT2D eigenvalue weighted by Gasteiger charge is -2.27. The first-order valence-corrected chi connectivity index (χ1v) is 35.3. The predicted octanol–water partition coefficient (Wildman–Crippen LogP) is 21.2. The van der Waals surface area contributed by atoms with Gasteiger partial charge >= 0.3 is 13.8 Å². The molecule has 80 heavy (non-hydrogen) atoms. The van der Waals surface area contributed by atoms with Gasteiger partial charge in [-0.1, -0.05) is 274 Å². The third-order valence-corrected chi connectivity index (χ3v) is 15.9. The van der Waals surface area contributed by atoms with Crippen molar-refractivity contribution in [1.29, 1.82) is 0 Å². The highest BCUT2D eigenvalue weighted by Crippen LogP contribution is 2.43. The van der Waals surface area contributed by atoms with E-state index in [1.165, 1.54) is 186 Å². The Hall–Kier alpha value is -2.55. The molecule has 0 aliphatic rings. The molecule has 0 saturated heterocycles. The molecular formula is C70H130N2O7P+. The zero-order valence-electron chi connectivity index (χ0n) is 53.3. The van der Waals surface area contributed by atoms with Crippen LogP contribution in [0.25, 0.3) is 0 Å². The Bertz CT molecular complexity index is 1600. The highest BCUT2D eigenvalue weighted by atomic mass is 31.2. The number of nitrogens with zero attached hydrogens (tertiary/aromatic N) is 1. The average Bonchev–Trinajstić information content (AvgIpc) is 3.42. The molecule has 0 radical (unpaired) electrons. The van der Waals surface area contributed by atoms with E-state index >= 15 is 0 Å². The molecule has 0 saturated carbocycles. The van der Waals surface area contributed by atoms with Gasteiger partial charge in [0.25, 0.3) is 0 Å². The van der Waals surface area contributed by atoms with Crippen molar-refractivity contribution in [2.45, 2.75) is 322 Å². The number of unbranched alkanes of at least 4 members (excludes halogenated alkanes) is 36. The molecule has 10 heteroatoms. The lowest BCUT2D eigenvalue weighted by molar-refractivity contribution is -0.870. The Kier molecular flexibility index (Phi) is 57.7. The van der Waals surface area contributed by atoms with Crippen LogP contribution >= 0.6 is 7.82 Å². The first-order chi connectivity index (χ1) is 38.9. The highest BCUT2D eigenvalue weighted by molar-refractivity contribution is 7.47. The molecule has 0 aromatic heterocycles. The van der Waals surface area contributed by atoms with Crippen molar-refractivity contribution in [3.63, 3.8) is 0 Å². The summed E-state index contributed by atoms with van der Waals surface area (Å²) < 4.78 is 30.7. The van der Waals surface area contributed by atoms with E-state index in [0.717, 1.165) is 89.9 Å². The van der Waals surface area contributed by atoms with Crippen LogP contribution < -0.4 is 5.32 Å². The van der Waals surface area contributed by atoms with Gasteiger partial charge in [-0.15, -0.1) is 0 Å². The molecule has 466 valence electrons. The summed E-state index contributed by atoms with van der Waals surface area (Å²) in [5.74, 6) is -0.513. The van der Waals surface area contributed by atoms with Crippen LogP contribution in [0.15, 0.2) is 72.9 Å². The number of hydrogen-bond acceptors (Lipinski definition) is 6. The summed E-state index contributed by atoms with van der Waals surface area (Å²) in [5, 5.41) is 3.06. The van der Waals surface area contributed by atoms with Crippen molar-refractivity contribution >= 4 is 19.7 Å². The van der Waals surface area contributed by atoms with E-state index in [9.17, 15) is 19.0 Å². The largest absolute Gasteiger partial charge is 0.472 e. The summed E-state index contributed by atoms with van der Waals surface area (Å²) in [6.45, 7) is 6.97. The Morgan fingerprint density at radius 3 is 1.24 bits per heavy atom. The van der Waals surface area contributed by atoms with Crippen LogP contribution in [-0.2, 0) is 27.9 Å². The lowest BCUT2D eigenvalue weighted by Crippen LogP contribution is -2.47. The van der Waals surface area contributed by atoms with Gasteiger partial charge in [-0.2, -0.15) is 0 Å². The average molecular weight is 1140 g/mol. The van der Waals surface area contributed by atoms with Gasteiger partial charge in [0.1, 0.15) is 19.3 Å². The monoisotopic (exact) mass is 1140 g/mol. The quantitative estimate of drug-likeness (QED) is 0.0156. The van der Waals surface area contributed by atoms with Crippen molar-refractivity contribution in [3.8, 4) is 0 Å². The van der Waals surface area contributed by atoms with Crippen LogP contribution in [0.4, 0.5) is 0 Å². The van der Waals surface area contributed by atoms with Crippen LogP contribution in [0.1, 0.15) is 310 Å². The number of esters is 1. The first-order valence-electron chi connectivity index (χ1n) is 33.8. The normalized spacial score (nSPS) is 14.0. The van der Waals surface area contributed by atoms with E-state index in [1.807, 2.05) is 33.3 Å². The van der Waals surface area contributed by atoms with Gasteiger partial charge in [0.15, 0.2) is 0 Å². The maximum Gasteiger partial charge on any atom is 0.472 e. The number of allylic oxidation sites excluding steroid dienone is 11. The molecule has 2 N–H and O–H groups in total. The number of phosphoric ester groups is 1. The first kappa shape index (κ1) is 77.5. The molecule has 0 aliphatic heterocycles. The fourth-order valence-electron chi connectivity index (χ4n) is 9.65. The zero-order valence-corrected chi connectivity index (χ0v) is 54.2. The minimum atomic E-state index is -4.45. The van der Waals surface area contributed by atoms with E-state index in [4.69, 9.17) is 13.8 Å². The second-order valence-corrected chi connectivity index (χ2v) is 25.5. The number of ether oxygens (including phenoxy) is 1. The predicted molar refractivity (Wildman–Crippen MR) is 346 cm³/mol. The van der Waals surface area contributed by atoms with E-state index in [0.29, 0.717) is 17.4 Å². The second kappa shape index (κ2) is 59.6. The summed E-state index contributed by atoms with van der Waals surface area (Å²) in [6.07, 6.45) is 77.6. The van der Waals surface area contributed by atoms with Crippen LogP contribution in [0, 0.1) is 0 Å². The van der Waals surface area contributed by atoms with E-state index in [-0.39, 0.29) is 31.5 Å². The molecule has 0 aromatic carbocycles. The van der Waals surface area contributed by atoms with Gasteiger partial charge in [0.2, 0.25) is 5.91 Å². The van der Waals surface area contributed by atoms with E-state index in [2.05, 4.69) is 86.8 Å². The van der Waals surface area contributed by atoms with Crippen LogP contribution in [0.3, 0.4) is 0 Å². The molecule has 0 spiro atoms. The number of amides is 1. The SMILES string of the molecule is CCCCC/C=C\C/C=C\C/C=C\CCCCCCCCCCCCCCCCC(=O)NC(COP(=O)(O)OCC[N+](C)(C)C)C(/C=C\CCCCCCCCCCCC)OC(=O)CCCCCCCC/C=C/C=C/CCCCC. The molecular weight excluding hydrogens is 1010 g/mol. The Labute approximate surface area is 495 Å². The molecule has 0 bridgehead atoms. The number of phosphoric acid groups is 1. The van der Waals surface area contributed by atoms with Gasteiger partial charge in [-0.25, -0.2) is 4.57 Å². The smallest absolute Gasteiger partial charge is 0.456 e. The maximum absolute atomic E-state index is 13.6. The molecule has 0 rings (SSSR count). The fourth-order valence-corrected chi connectivity index (χ4v) is 10.4. The number of rotatable bonds is 61. The number of hydrogen-bond donors (Lipinski definition) is 2. The minimum absolute atomic E-state index is 0.0369. The standard InChI is InChI=1S/C70H129N2O7P/c1-7-10-13-16-19-22-25-28-30-31-32-33-34-35-36-37-38-39-40-41-43-44-47-50-53-56-59-62-69(73)71-67(66-78-80(75,76)77-65-64-72(4,5)6)68(61-58-55-52-49-46-27-24-21-18-15-12-9-3)79-70(74)63-60-57-54-51-48-45-42-29-26-23-20-17-14-11-8-2/h19-20,22-23,26,28-30,32-33,58,61,67-68H,7-18,21,24-25,27,31,34-57,59-60,62-66H2,1-6H3,(H-,71,73,75,76)/p+1/b22-19-,23-20+,29-26+,30-28-,33-32-,61-58-. The minimum Gasteiger partial charge on any atom is -0.456 e. The summed E-state index contributed by atoms with van der Waals surface area (Å²) >= 11 is 0. The third-order valence-electron chi connectivity index (χ3n) is 14.9. The number of carbonyl (C=O) groups is 2. The van der Waals surface area contributed by atoms with Crippen molar-refractivity contribution in [2.24, 2.45) is 0 Å². The van der Waals surface area contributed by atoms with Gasteiger partial charge in [0.05, 0.1) is 33.8 Å². The molecule has 1 amide bonds. The fraction of sp³-hybridized carbons (Fsp3) is 0.800. The van der Waals surface area contributed by atoms with Crippen molar-refractivity contribution < 1.29 is 37.3 Å². The Morgan fingerprint density at radius 2 is 0.800 bits per heavy atom. The molecule has 0 aromatic rings. The van der Waals surface area contributed by atoms with Crippen LogP contribution in [-0.4, -0.2) is 74.3 Å². The topological polar surface area (TPSA) is 111 Å². The summed E-state index contributed by atoms with van der Waals surface area (Å²) in [5.41, 5.74) is 0. The number of nitrogens with one attached hydrogen (secondary N) is 1. The summed E-state index contributed by atoms with van der Waals surface area (Å²) in [6, 6.07) is -0.855. The summed E-state index contributed by atoms with van der Waals surface area (Å²) in [4.78, 5) is 37.8. The van der Waals surface area contributed by atoms with Gasteiger partial charge in [-0.3, -0.25) is 18.6 Å². The van der Waals surface area contributed by atoms with Gasteiger partial charge < -0.3 is 19.4 Å². The van der Waals surface area contributed by atoms with Crippen LogP contribution in [0.2, 0.25) is 0 Å². The van der Waals surface area contributed by atoms with Crippen molar-refractivity contribution in [3.05, 3.63) is 72.9 Å². The van der Waals surface area contributed by atoms with Crippen molar-refractivity contribution in [1.82, 2.24) is 5.32 Å². The molecule has 3 unspecified atom stereocenters. The Morgan fingerprint density at radius 1 is 0.450 bits per heavy atom. The van der Waals surface area contributed by atoms with E-state index < -0.39 is 20.0 Å². The van der Waals surface area contributed by atoms with Crippen LogP contribution in [0.5, 0.6) is 0 Å². The Balaban J connectivity index is 5.05. The molecule has 0 heterocycles. The number of quaternary nitrogens is 1.